The molecule has 6 N–H and O–H groups in total. The first-order valence-electron chi connectivity index (χ1n) is 15.1. The first kappa shape index (κ1) is 32.1. The summed E-state index contributed by atoms with van der Waals surface area (Å²) in [4.78, 5) is 39.1. The van der Waals surface area contributed by atoms with E-state index in [-0.39, 0.29) is 34.6 Å². The van der Waals surface area contributed by atoms with E-state index in [1.165, 1.54) is 18.4 Å². The number of fused-ring (bicyclic) bond motifs is 1. The highest BCUT2D eigenvalue weighted by molar-refractivity contribution is 7.89. The number of hydrogen-bond donors (Lipinski definition) is 5. The summed E-state index contributed by atoms with van der Waals surface area (Å²) >= 11 is 0. The molecule has 2 amide bonds. The van der Waals surface area contributed by atoms with Gasteiger partial charge in [0.2, 0.25) is 21.8 Å². The number of sulfonamides is 1. The number of aryl methyl sites for hydroxylation is 1. The molecular formula is C33H40N6O5S. The van der Waals surface area contributed by atoms with Crippen molar-refractivity contribution in [1.29, 1.82) is 0 Å². The number of anilines is 1. The van der Waals surface area contributed by atoms with E-state index < -0.39 is 16.1 Å². The SMILES string of the molecule is Cc1ccc(S(=O)(=O)N(C)C)cc1-c1ccc(C[C@H](NC(=O)[C@H]2CC[C@H](CN)CC2)C(=O)Nc2ccc3c(=O)[nH][nH]c3c2)cc1. The van der Waals surface area contributed by atoms with Gasteiger partial charge in [-0.1, -0.05) is 30.3 Å². The number of rotatable bonds is 10. The molecule has 45 heavy (non-hydrogen) atoms. The molecule has 0 spiro atoms. The summed E-state index contributed by atoms with van der Waals surface area (Å²) in [5, 5.41) is 11.7. The van der Waals surface area contributed by atoms with Crippen LogP contribution >= 0.6 is 0 Å². The van der Waals surface area contributed by atoms with Crippen LogP contribution in [0.5, 0.6) is 0 Å². The number of carbonyl (C=O) groups excluding carboxylic acids is 2. The van der Waals surface area contributed by atoms with E-state index in [2.05, 4.69) is 20.8 Å². The number of benzene rings is 3. The van der Waals surface area contributed by atoms with Gasteiger partial charge in [-0.3, -0.25) is 24.6 Å². The van der Waals surface area contributed by atoms with Gasteiger partial charge in [0, 0.05) is 32.1 Å². The smallest absolute Gasteiger partial charge is 0.271 e. The van der Waals surface area contributed by atoms with E-state index in [0.717, 1.165) is 47.9 Å². The van der Waals surface area contributed by atoms with Crippen molar-refractivity contribution in [2.75, 3.05) is 26.0 Å². The second-order valence-corrected chi connectivity index (χ2v) is 14.2. The number of aromatic nitrogens is 2. The quantitative estimate of drug-likeness (QED) is 0.179. The van der Waals surface area contributed by atoms with Gasteiger partial charge in [-0.2, -0.15) is 0 Å². The number of nitrogens with one attached hydrogen (secondary N) is 4. The van der Waals surface area contributed by atoms with Gasteiger partial charge in [0.15, 0.2) is 0 Å². The number of nitrogens with zero attached hydrogens (tertiary/aromatic N) is 1. The Labute approximate surface area is 262 Å². The van der Waals surface area contributed by atoms with Gasteiger partial charge >= 0.3 is 0 Å². The lowest BCUT2D eigenvalue weighted by Gasteiger charge is -2.28. The Bertz CT molecular complexity index is 1850. The van der Waals surface area contributed by atoms with Crippen LogP contribution in [0.15, 0.2) is 70.4 Å². The fraction of sp³-hybridized carbons (Fsp3) is 0.364. The van der Waals surface area contributed by atoms with Crippen molar-refractivity contribution in [2.45, 2.75) is 50.0 Å². The molecule has 1 saturated carbocycles. The molecule has 0 unspecified atom stereocenters. The lowest BCUT2D eigenvalue weighted by atomic mass is 9.81. The van der Waals surface area contributed by atoms with Crippen molar-refractivity contribution in [3.63, 3.8) is 0 Å². The number of nitrogens with two attached hydrogens (primary N) is 1. The molecule has 1 heterocycles. The van der Waals surface area contributed by atoms with Crippen LogP contribution in [0, 0.1) is 18.8 Å². The van der Waals surface area contributed by atoms with Crippen LogP contribution in [-0.2, 0) is 26.0 Å². The molecule has 238 valence electrons. The molecule has 1 aromatic heterocycles. The van der Waals surface area contributed by atoms with Gasteiger partial charge in [0.1, 0.15) is 6.04 Å². The van der Waals surface area contributed by atoms with Crippen molar-refractivity contribution >= 4 is 38.4 Å². The molecule has 0 radical (unpaired) electrons. The van der Waals surface area contributed by atoms with E-state index in [0.29, 0.717) is 29.1 Å². The summed E-state index contributed by atoms with van der Waals surface area (Å²) in [6.07, 6.45) is 3.48. The van der Waals surface area contributed by atoms with Crippen LogP contribution in [0.2, 0.25) is 0 Å². The van der Waals surface area contributed by atoms with Gasteiger partial charge < -0.3 is 16.4 Å². The lowest BCUT2D eigenvalue weighted by Crippen LogP contribution is -2.48. The van der Waals surface area contributed by atoms with Gasteiger partial charge in [0.25, 0.3) is 5.56 Å². The Morgan fingerprint density at radius 2 is 1.69 bits per heavy atom. The predicted octanol–water partition coefficient (Wildman–Crippen LogP) is 3.51. The van der Waals surface area contributed by atoms with Crippen LogP contribution in [0.3, 0.4) is 0 Å². The van der Waals surface area contributed by atoms with Crippen molar-refractivity contribution < 1.29 is 18.0 Å². The molecule has 1 fully saturated rings. The van der Waals surface area contributed by atoms with Crippen LogP contribution in [0.1, 0.15) is 36.8 Å². The van der Waals surface area contributed by atoms with Crippen molar-refractivity contribution in [2.24, 2.45) is 17.6 Å². The lowest BCUT2D eigenvalue weighted by molar-refractivity contribution is -0.130. The zero-order chi connectivity index (χ0) is 32.3. The molecule has 1 atom stereocenters. The van der Waals surface area contributed by atoms with Gasteiger partial charge in [-0.25, -0.2) is 12.7 Å². The summed E-state index contributed by atoms with van der Waals surface area (Å²) in [6.45, 7) is 2.54. The highest BCUT2D eigenvalue weighted by atomic mass is 32.2. The largest absolute Gasteiger partial charge is 0.344 e. The van der Waals surface area contributed by atoms with E-state index >= 15 is 0 Å². The Morgan fingerprint density at radius 1 is 0.978 bits per heavy atom. The van der Waals surface area contributed by atoms with Crippen molar-refractivity contribution in [1.82, 2.24) is 19.8 Å². The topological polar surface area (TPSA) is 170 Å². The Morgan fingerprint density at radius 3 is 2.36 bits per heavy atom. The van der Waals surface area contributed by atoms with Crippen LogP contribution < -0.4 is 21.9 Å². The van der Waals surface area contributed by atoms with E-state index in [1.807, 2.05) is 31.2 Å². The molecule has 3 aromatic carbocycles. The summed E-state index contributed by atoms with van der Waals surface area (Å²) in [5.74, 6) is -0.283. The Kier molecular flexibility index (Phi) is 9.56. The summed E-state index contributed by atoms with van der Waals surface area (Å²) < 4.78 is 26.6. The van der Waals surface area contributed by atoms with Crippen molar-refractivity contribution in [3.8, 4) is 11.1 Å². The minimum Gasteiger partial charge on any atom is -0.344 e. The summed E-state index contributed by atoms with van der Waals surface area (Å²) in [7, 11) is -0.598. The molecule has 12 heteroatoms. The van der Waals surface area contributed by atoms with E-state index in [9.17, 15) is 22.8 Å². The average Bonchev–Trinajstić information content (AvgIpc) is 3.40. The van der Waals surface area contributed by atoms with E-state index in [4.69, 9.17) is 5.73 Å². The minimum absolute atomic E-state index is 0.151. The fourth-order valence-electron chi connectivity index (χ4n) is 5.84. The summed E-state index contributed by atoms with van der Waals surface area (Å²) in [6, 6.07) is 16.7. The maximum atomic E-state index is 13.6. The molecule has 0 saturated heterocycles. The minimum atomic E-state index is -3.60. The molecule has 1 aliphatic carbocycles. The van der Waals surface area contributed by atoms with Crippen LogP contribution in [0.25, 0.3) is 22.0 Å². The van der Waals surface area contributed by atoms with Gasteiger partial charge in [-0.05, 0) is 97.7 Å². The highest BCUT2D eigenvalue weighted by Gasteiger charge is 2.29. The summed E-state index contributed by atoms with van der Waals surface area (Å²) in [5.41, 5.74) is 10.0. The van der Waals surface area contributed by atoms with Gasteiger partial charge in [0.05, 0.1) is 15.8 Å². The third-order valence-electron chi connectivity index (χ3n) is 8.72. The molecule has 0 aliphatic heterocycles. The normalized spacial score (nSPS) is 17.7. The monoisotopic (exact) mass is 632 g/mol. The third kappa shape index (κ3) is 7.19. The third-order valence-corrected chi connectivity index (χ3v) is 10.5. The molecule has 11 nitrogen and oxygen atoms in total. The molecule has 1 aliphatic rings. The second kappa shape index (κ2) is 13.4. The predicted molar refractivity (Wildman–Crippen MR) is 175 cm³/mol. The zero-order valence-electron chi connectivity index (χ0n) is 25.7. The molecule has 0 bridgehead atoms. The highest BCUT2D eigenvalue weighted by Crippen LogP contribution is 2.30. The molecule has 4 aromatic rings. The average molecular weight is 633 g/mol. The number of amides is 2. The number of aromatic amines is 2. The maximum absolute atomic E-state index is 13.6. The zero-order valence-corrected chi connectivity index (χ0v) is 26.5. The maximum Gasteiger partial charge on any atom is 0.271 e. The van der Waals surface area contributed by atoms with E-state index in [1.54, 1.807) is 36.4 Å². The van der Waals surface area contributed by atoms with Crippen LogP contribution in [-0.4, -0.2) is 61.4 Å². The second-order valence-electron chi connectivity index (χ2n) is 12.0. The number of carbonyl (C=O) groups is 2. The number of hydrogen-bond acceptors (Lipinski definition) is 6. The number of H-pyrrole nitrogens is 2. The van der Waals surface area contributed by atoms with Gasteiger partial charge in [-0.15, -0.1) is 0 Å². The van der Waals surface area contributed by atoms with Crippen LogP contribution in [0.4, 0.5) is 5.69 Å². The molecule has 5 rings (SSSR count). The Balaban J connectivity index is 1.37. The Hall–Kier alpha value is -4.26. The fourth-order valence-corrected chi connectivity index (χ4v) is 6.77. The standard InChI is InChI=1S/C33H40N6O5S/c1-20-4-14-26(45(43,44)39(2)3)18-28(20)23-9-5-21(6-10-23)16-30(36-31(40)24-11-7-22(19-34)8-12-24)33(42)35-25-13-15-27-29(17-25)37-38-32(27)41/h4-6,9-10,13-15,17-18,22,24,30H,7-8,11-12,16,19,34H2,1-3H3,(H,35,42)(H,36,40)(H2,37,38,41)/t22-,24-,30-/m0/s1. The first-order chi connectivity index (χ1) is 21.5. The first-order valence-corrected chi connectivity index (χ1v) is 16.5. The molecular weight excluding hydrogens is 592 g/mol. The van der Waals surface area contributed by atoms with Crippen molar-refractivity contribution in [3.05, 3.63) is 82.1 Å².